The zero-order valence-corrected chi connectivity index (χ0v) is 8.85. The topological polar surface area (TPSA) is 26.0 Å². The van der Waals surface area contributed by atoms with Crippen LogP contribution in [-0.4, -0.2) is 0 Å². The van der Waals surface area contributed by atoms with Crippen LogP contribution in [0.25, 0.3) is 0 Å². The molecule has 0 radical (unpaired) electrons. The molecule has 2 aromatic rings. The van der Waals surface area contributed by atoms with E-state index in [0.717, 1.165) is 5.56 Å². The maximum atomic E-state index is 6.22. The van der Waals surface area contributed by atoms with E-state index in [2.05, 4.69) is 31.2 Å². The fourth-order valence-corrected chi connectivity index (χ4v) is 1.78. The zero-order chi connectivity index (χ0) is 10.7. The third-order valence-corrected chi connectivity index (χ3v) is 2.68. The largest absolute Gasteiger partial charge is 0.320 e. The van der Waals surface area contributed by atoms with E-state index in [4.69, 9.17) is 5.73 Å². The van der Waals surface area contributed by atoms with Crippen molar-refractivity contribution in [3.63, 3.8) is 0 Å². The molecule has 0 bridgehead atoms. The summed E-state index contributed by atoms with van der Waals surface area (Å²) in [5.41, 5.74) is 9.82. The Morgan fingerprint density at radius 3 is 2.13 bits per heavy atom. The first kappa shape index (κ1) is 9.94. The summed E-state index contributed by atoms with van der Waals surface area (Å²) in [4.78, 5) is 0. The van der Waals surface area contributed by atoms with Gasteiger partial charge in [-0.1, -0.05) is 54.6 Å². The minimum absolute atomic E-state index is 0.0209. The number of hydrogen-bond donors (Lipinski definition) is 1. The average Bonchev–Trinajstić information content (AvgIpc) is 2.30. The predicted molar refractivity (Wildman–Crippen MR) is 63.7 cm³/mol. The van der Waals surface area contributed by atoms with E-state index < -0.39 is 0 Å². The normalized spacial score (nSPS) is 12.4. The average molecular weight is 197 g/mol. The molecule has 2 aromatic carbocycles. The maximum absolute atomic E-state index is 6.22. The van der Waals surface area contributed by atoms with Gasteiger partial charge in [0, 0.05) is 0 Å². The van der Waals surface area contributed by atoms with Crippen LogP contribution in [0.4, 0.5) is 0 Å². The van der Waals surface area contributed by atoms with Crippen molar-refractivity contribution in [2.45, 2.75) is 13.0 Å². The Kier molecular flexibility index (Phi) is 2.84. The first-order chi connectivity index (χ1) is 7.29. The minimum atomic E-state index is -0.0209. The van der Waals surface area contributed by atoms with Crippen LogP contribution in [0.1, 0.15) is 22.7 Å². The smallest absolute Gasteiger partial charge is 0.0554 e. The monoisotopic (exact) mass is 197 g/mol. The molecule has 2 rings (SSSR count). The fourth-order valence-electron chi connectivity index (χ4n) is 1.78. The highest BCUT2D eigenvalue weighted by Crippen LogP contribution is 2.21. The lowest BCUT2D eigenvalue weighted by atomic mass is 9.96. The molecule has 0 aliphatic heterocycles. The molecule has 0 fully saturated rings. The summed E-state index contributed by atoms with van der Waals surface area (Å²) in [5.74, 6) is 0. The summed E-state index contributed by atoms with van der Waals surface area (Å²) in [6, 6.07) is 18.4. The summed E-state index contributed by atoms with van der Waals surface area (Å²) in [6.45, 7) is 2.10. The molecule has 0 aromatic heterocycles. The third-order valence-electron chi connectivity index (χ3n) is 2.68. The Bertz CT molecular complexity index is 434. The molecule has 0 saturated heterocycles. The van der Waals surface area contributed by atoms with Crippen LogP contribution in [-0.2, 0) is 0 Å². The summed E-state index contributed by atoms with van der Waals surface area (Å²) >= 11 is 0. The first-order valence-corrected chi connectivity index (χ1v) is 5.15. The highest BCUT2D eigenvalue weighted by atomic mass is 14.6. The van der Waals surface area contributed by atoms with Gasteiger partial charge in [-0.2, -0.15) is 0 Å². The van der Waals surface area contributed by atoms with Gasteiger partial charge in [-0.3, -0.25) is 0 Å². The van der Waals surface area contributed by atoms with Crippen molar-refractivity contribution in [3.8, 4) is 0 Å². The lowest BCUT2D eigenvalue weighted by Crippen LogP contribution is -2.12. The zero-order valence-electron chi connectivity index (χ0n) is 8.85. The number of nitrogens with two attached hydrogens (primary N) is 1. The van der Waals surface area contributed by atoms with E-state index >= 15 is 0 Å². The van der Waals surface area contributed by atoms with Gasteiger partial charge in [0.25, 0.3) is 0 Å². The van der Waals surface area contributed by atoms with Crippen LogP contribution in [0, 0.1) is 6.92 Å². The molecule has 76 valence electrons. The Morgan fingerprint density at radius 2 is 1.47 bits per heavy atom. The van der Waals surface area contributed by atoms with Crippen molar-refractivity contribution >= 4 is 0 Å². The van der Waals surface area contributed by atoms with Gasteiger partial charge in [-0.05, 0) is 23.6 Å². The Labute approximate surface area is 90.6 Å². The molecule has 1 nitrogen and oxygen atoms in total. The highest BCUT2D eigenvalue weighted by Gasteiger charge is 2.09. The second-order valence-corrected chi connectivity index (χ2v) is 3.74. The summed E-state index contributed by atoms with van der Waals surface area (Å²) in [5, 5.41) is 0. The quantitative estimate of drug-likeness (QED) is 0.786. The summed E-state index contributed by atoms with van der Waals surface area (Å²) in [6.07, 6.45) is 0. The van der Waals surface area contributed by atoms with Crippen LogP contribution in [0.15, 0.2) is 54.6 Å². The minimum Gasteiger partial charge on any atom is -0.320 e. The van der Waals surface area contributed by atoms with Gasteiger partial charge >= 0.3 is 0 Å². The third kappa shape index (κ3) is 2.08. The molecule has 2 N–H and O–H groups in total. The van der Waals surface area contributed by atoms with Gasteiger partial charge < -0.3 is 5.73 Å². The van der Waals surface area contributed by atoms with Gasteiger partial charge in [0.15, 0.2) is 0 Å². The number of aryl methyl sites for hydroxylation is 1. The molecular formula is C14H15N. The summed E-state index contributed by atoms with van der Waals surface area (Å²) in [7, 11) is 0. The molecule has 0 unspecified atom stereocenters. The van der Waals surface area contributed by atoms with Crippen molar-refractivity contribution in [1.82, 2.24) is 0 Å². The van der Waals surface area contributed by atoms with Crippen LogP contribution >= 0.6 is 0 Å². The van der Waals surface area contributed by atoms with Crippen LogP contribution < -0.4 is 5.73 Å². The van der Waals surface area contributed by atoms with E-state index in [1.54, 1.807) is 0 Å². The second kappa shape index (κ2) is 4.28. The van der Waals surface area contributed by atoms with E-state index in [1.165, 1.54) is 11.1 Å². The lowest BCUT2D eigenvalue weighted by molar-refractivity contribution is 0.862. The predicted octanol–water partition coefficient (Wildman–Crippen LogP) is 3.04. The molecule has 0 amide bonds. The highest BCUT2D eigenvalue weighted by molar-refractivity contribution is 5.36. The molecule has 1 atom stereocenters. The number of rotatable bonds is 2. The van der Waals surface area contributed by atoms with Gasteiger partial charge in [-0.25, -0.2) is 0 Å². The molecule has 0 aliphatic carbocycles. The van der Waals surface area contributed by atoms with E-state index in [9.17, 15) is 0 Å². The molecular weight excluding hydrogens is 182 g/mol. The van der Waals surface area contributed by atoms with Crippen molar-refractivity contribution in [3.05, 3.63) is 71.3 Å². The van der Waals surface area contributed by atoms with Gasteiger partial charge in [0.2, 0.25) is 0 Å². The maximum Gasteiger partial charge on any atom is 0.0554 e. The summed E-state index contributed by atoms with van der Waals surface area (Å²) < 4.78 is 0. The molecule has 0 heterocycles. The first-order valence-electron chi connectivity index (χ1n) is 5.15. The molecule has 0 spiro atoms. The molecule has 1 heteroatoms. The van der Waals surface area contributed by atoms with E-state index in [1.807, 2.05) is 30.3 Å². The van der Waals surface area contributed by atoms with E-state index in [0.29, 0.717) is 0 Å². The molecule has 0 aliphatic rings. The SMILES string of the molecule is Cc1ccccc1[C@@H](N)c1ccccc1. The number of hydrogen-bond acceptors (Lipinski definition) is 1. The van der Waals surface area contributed by atoms with Crippen LogP contribution in [0.3, 0.4) is 0 Å². The Hall–Kier alpha value is -1.60. The van der Waals surface area contributed by atoms with Crippen molar-refractivity contribution < 1.29 is 0 Å². The fraction of sp³-hybridized carbons (Fsp3) is 0.143. The van der Waals surface area contributed by atoms with Crippen molar-refractivity contribution in [2.24, 2.45) is 5.73 Å². The standard InChI is InChI=1S/C14H15N/c1-11-7-5-6-10-13(11)14(15)12-8-3-2-4-9-12/h2-10,14H,15H2,1H3/t14-/m0/s1. The number of benzene rings is 2. The van der Waals surface area contributed by atoms with Crippen LogP contribution in [0.2, 0.25) is 0 Å². The van der Waals surface area contributed by atoms with Gasteiger partial charge in [0.05, 0.1) is 6.04 Å². The molecule has 0 saturated carbocycles. The molecule has 15 heavy (non-hydrogen) atoms. The van der Waals surface area contributed by atoms with Crippen molar-refractivity contribution in [1.29, 1.82) is 0 Å². The van der Waals surface area contributed by atoms with Crippen molar-refractivity contribution in [2.75, 3.05) is 0 Å². The van der Waals surface area contributed by atoms with E-state index in [-0.39, 0.29) is 6.04 Å². The Morgan fingerprint density at radius 1 is 0.867 bits per heavy atom. The lowest BCUT2D eigenvalue weighted by Gasteiger charge is -2.14. The van der Waals surface area contributed by atoms with Crippen LogP contribution in [0.5, 0.6) is 0 Å². The Balaban J connectivity index is 2.37. The second-order valence-electron chi connectivity index (χ2n) is 3.74. The van der Waals surface area contributed by atoms with Gasteiger partial charge in [0.1, 0.15) is 0 Å². The van der Waals surface area contributed by atoms with Gasteiger partial charge in [-0.15, -0.1) is 0 Å².